The minimum Gasteiger partial charge on any atom is -0.392 e. The van der Waals surface area contributed by atoms with Crippen molar-refractivity contribution < 1.29 is 9.90 Å². The number of carbonyl (C=O) groups is 1. The predicted octanol–water partition coefficient (Wildman–Crippen LogP) is 0.739. The number of hydrogen-bond acceptors (Lipinski definition) is 7. The molecule has 1 amide bonds. The number of β-amino-alcohol motifs (C(OH)–C–C–N with tert-alkyl or cyclic N) is 1. The lowest BCUT2D eigenvalue weighted by Gasteiger charge is -2.34. The van der Waals surface area contributed by atoms with Gasteiger partial charge in [0, 0.05) is 45.1 Å². The first-order valence-corrected chi connectivity index (χ1v) is 8.38. The average Bonchev–Trinajstić information content (AvgIpc) is 3.05. The summed E-state index contributed by atoms with van der Waals surface area (Å²) in [5, 5.41) is 10.1. The molecule has 0 bridgehead atoms. The molecule has 23 heavy (non-hydrogen) atoms. The van der Waals surface area contributed by atoms with Gasteiger partial charge in [-0.05, 0) is 13.0 Å². The SMILES string of the molecule is C[C@H](O)CN1CCN(C(=O)c2cnc(-c3ncccn3)s2)CC1. The van der Waals surface area contributed by atoms with E-state index in [4.69, 9.17) is 0 Å². The second kappa shape index (κ2) is 7.12. The summed E-state index contributed by atoms with van der Waals surface area (Å²) in [6.45, 7) is 5.33. The molecular weight excluding hydrogens is 314 g/mol. The Bertz CT molecular complexity index is 653. The molecule has 0 aromatic carbocycles. The lowest BCUT2D eigenvalue weighted by molar-refractivity contribution is 0.0558. The van der Waals surface area contributed by atoms with Gasteiger partial charge in [-0.3, -0.25) is 9.69 Å². The fourth-order valence-electron chi connectivity index (χ4n) is 2.55. The molecular formula is C15H19N5O2S. The van der Waals surface area contributed by atoms with E-state index in [1.165, 1.54) is 11.3 Å². The third-order valence-electron chi connectivity index (χ3n) is 3.66. The molecule has 1 saturated heterocycles. The molecule has 1 atom stereocenters. The van der Waals surface area contributed by atoms with Crippen LogP contribution in [-0.4, -0.2) is 74.6 Å². The van der Waals surface area contributed by atoms with Crippen LogP contribution in [0, 0.1) is 0 Å². The molecule has 0 radical (unpaired) electrons. The average molecular weight is 333 g/mol. The van der Waals surface area contributed by atoms with Crippen molar-refractivity contribution in [3.63, 3.8) is 0 Å². The fourth-order valence-corrected chi connectivity index (χ4v) is 3.38. The fraction of sp³-hybridized carbons (Fsp3) is 0.467. The standard InChI is InChI=1S/C15H19N5O2S/c1-11(21)10-19-5-7-20(8-6-19)15(22)12-9-18-14(23-12)13-16-3-2-4-17-13/h2-4,9,11,21H,5-8,10H2,1H3/t11-/m0/s1. The zero-order chi connectivity index (χ0) is 16.2. The number of rotatable bonds is 4. The lowest BCUT2D eigenvalue weighted by atomic mass is 10.2. The summed E-state index contributed by atoms with van der Waals surface area (Å²) in [4.78, 5) is 29.7. The van der Waals surface area contributed by atoms with E-state index in [0.29, 0.717) is 35.3 Å². The molecule has 1 N–H and O–H groups in total. The van der Waals surface area contributed by atoms with E-state index in [1.54, 1.807) is 31.6 Å². The Kier molecular flexibility index (Phi) is 4.94. The van der Waals surface area contributed by atoms with Crippen LogP contribution in [0.2, 0.25) is 0 Å². The van der Waals surface area contributed by atoms with Crippen LogP contribution < -0.4 is 0 Å². The highest BCUT2D eigenvalue weighted by Crippen LogP contribution is 2.23. The van der Waals surface area contributed by atoms with Crippen molar-refractivity contribution in [2.75, 3.05) is 32.7 Å². The van der Waals surface area contributed by atoms with Gasteiger partial charge in [0.15, 0.2) is 10.8 Å². The Balaban J connectivity index is 1.62. The zero-order valence-corrected chi connectivity index (χ0v) is 13.7. The number of thiazole rings is 1. The Morgan fingerprint density at radius 3 is 2.61 bits per heavy atom. The first-order valence-electron chi connectivity index (χ1n) is 7.56. The van der Waals surface area contributed by atoms with Crippen LogP contribution in [0.1, 0.15) is 16.6 Å². The molecule has 0 saturated carbocycles. The van der Waals surface area contributed by atoms with Gasteiger partial charge in [0.25, 0.3) is 5.91 Å². The Hall–Kier alpha value is -1.90. The van der Waals surface area contributed by atoms with E-state index in [9.17, 15) is 9.90 Å². The number of aliphatic hydroxyl groups excluding tert-OH is 1. The lowest BCUT2D eigenvalue weighted by Crippen LogP contribution is -2.50. The summed E-state index contributed by atoms with van der Waals surface area (Å²) in [7, 11) is 0. The minimum atomic E-state index is -0.341. The number of piperazine rings is 1. The van der Waals surface area contributed by atoms with Crippen LogP contribution in [0.4, 0.5) is 0 Å². The first-order chi connectivity index (χ1) is 11.1. The summed E-state index contributed by atoms with van der Waals surface area (Å²) < 4.78 is 0. The summed E-state index contributed by atoms with van der Waals surface area (Å²) in [5.41, 5.74) is 0. The number of carbonyl (C=O) groups excluding carboxylic acids is 1. The van der Waals surface area contributed by atoms with Crippen molar-refractivity contribution in [1.29, 1.82) is 0 Å². The van der Waals surface area contributed by atoms with Gasteiger partial charge in [0.05, 0.1) is 12.3 Å². The summed E-state index contributed by atoms with van der Waals surface area (Å²) in [5.74, 6) is 0.541. The van der Waals surface area contributed by atoms with Gasteiger partial charge in [-0.1, -0.05) is 0 Å². The molecule has 7 nitrogen and oxygen atoms in total. The van der Waals surface area contributed by atoms with Crippen LogP contribution in [0.3, 0.4) is 0 Å². The molecule has 1 aliphatic heterocycles. The zero-order valence-electron chi connectivity index (χ0n) is 12.9. The van der Waals surface area contributed by atoms with Gasteiger partial charge in [0.1, 0.15) is 4.88 Å². The number of aromatic nitrogens is 3. The van der Waals surface area contributed by atoms with E-state index in [-0.39, 0.29) is 12.0 Å². The monoisotopic (exact) mass is 333 g/mol. The Labute approximate surface area is 138 Å². The first kappa shape index (κ1) is 16.0. The van der Waals surface area contributed by atoms with Crippen LogP contribution in [0.5, 0.6) is 0 Å². The Morgan fingerprint density at radius 2 is 1.96 bits per heavy atom. The van der Waals surface area contributed by atoms with Gasteiger partial charge < -0.3 is 10.0 Å². The van der Waals surface area contributed by atoms with Crippen LogP contribution in [-0.2, 0) is 0 Å². The van der Waals surface area contributed by atoms with Crippen molar-refractivity contribution in [3.05, 3.63) is 29.5 Å². The van der Waals surface area contributed by atoms with Gasteiger partial charge in [-0.2, -0.15) is 0 Å². The van der Waals surface area contributed by atoms with Gasteiger partial charge >= 0.3 is 0 Å². The van der Waals surface area contributed by atoms with Crippen molar-refractivity contribution in [1.82, 2.24) is 24.8 Å². The number of aliphatic hydroxyl groups is 1. The third-order valence-corrected chi connectivity index (χ3v) is 4.64. The molecule has 1 fully saturated rings. The highest BCUT2D eigenvalue weighted by atomic mass is 32.1. The maximum absolute atomic E-state index is 12.6. The van der Waals surface area contributed by atoms with Crippen LogP contribution in [0.25, 0.3) is 10.8 Å². The normalized spacial score (nSPS) is 17.2. The number of hydrogen-bond donors (Lipinski definition) is 1. The smallest absolute Gasteiger partial charge is 0.265 e. The van der Waals surface area contributed by atoms with Crippen LogP contribution in [0.15, 0.2) is 24.7 Å². The molecule has 0 aliphatic carbocycles. The molecule has 2 aromatic heterocycles. The highest BCUT2D eigenvalue weighted by Gasteiger charge is 2.24. The molecule has 0 unspecified atom stereocenters. The van der Waals surface area contributed by atoms with Crippen molar-refractivity contribution in [2.24, 2.45) is 0 Å². The van der Waals surface area contributed by atoms with E-state index in [1.807, 2.05) is 4.90 Å². The van der Waals surface area contributed by atoms with Crippen molar-refractivity contribution in [2.45, 2.75) is 13.0 Å². The Morgan fingerprint density at radius 1 is 1.26 bits per heavy atom. The molecule has 3 heterocycles. The third kappa shape index (κ3) is 3.90. The topological polar surface area (TPSA) is 82.5 Å². The van der Waals surface area contributed by atoms with Gasteiger partial charge in [-0.15, -0.1) is 11.3 Å². The maximum atomic E-state index is 12.6. The van der Waals surface area contributed by atoms with Crippen molar-refractivity contribution >= 4 is 17.2 Å². The van der Waals surface area contributed by atoms with Crippen molar-refractivity contribution in [3.8, 4) is 10.8 Å². The van der Waals surface area contributed by atoms with Crippen LogP contribution >= 0.6 is 11.3 Å². The largest absolute Gasteiger partial charge is 0.392 e. The number of amides is 1. The second-order valence-corrected chi connectivity index (χ2v) is 6.57. The molecule has 122 valence electrons. The van der Waals surface area contributed by atoms with E-state index >= 15 is 0 Å². The van der Waals surface area contributed by atoms with E-state index < -0.39 is 0 Å². The van der Waals surface area contributed by atoms with E-state index in [0.717, 1.165) is 13.1 Å². The maximum Gasteiger partial charge on any atom is 0.265 e. The minimum absolute atomic E-state index is 0.00128. The van der Waals surface area contributed by atoms with Gasteiger partial charge in [-0.25, -0.2) is 15.0 Å². The summed E-state index contributed by atoms with van der Waals surface area (Å²) >= 11 is 1.32. The molecule has 8 heteroatoms. The highest BCUT2D eigenvalue weighted by molar-refractivity contribution is 7.16. The summed E-state index contributed by atoms with van der Waals surface area (Å²) in [6, 6.07) is 1.75. The molecule has 1 aliphatic rings. The molecule has 2 aromatic rings. The molecule has 0 spiro atoms. The van der Waals surface area contributed by atoms with E-state index in [2.05, 4.69) is 19.9 Å². The predicted molar refractivity (Wildman–Crippen MR) is 87.2 cm³/mol. The van der Waals surface area contributed by atoms with Gasteiger partial charge in [0.2, 0.25) is 0 Å². The second-order valence-electron chi connectivity index (χ2n) is 5.54. The molecule has 3 rings (SSSR count). The number of nitrogens with zero attached hydrogens (tertiary/aromatic N) is 5. The summed E-state index contributed by atoms with van der Waals surface area (Å²) in [6.07, 6.45) is 4.58. The quantitative estimate of drug-likeness (QED) is 0.889.